The third-order valence-electron chi connectivity index (χ3n) is 3.01. The van der Waals surface area contributed by atoms with Crippen LogP contribution in [0.25, 0.3) is 0 Å². The van der Waals surface area contributed by atoms with Crippen molar-refractivity contribution in [3.8, 4) is 0 Å². The molecule has 0 fully saturated rings. The van der Waals surface area contributed by atoms with E-state index >= 15 is 0 Å². The first-order valence-corrected chi connectivity index (χ1v) is 6.91. The number of rotatable bonds is 9. The standard InChI is InChI=1S/C15H25N3/c1-4-6-7-8-9-10-14(16-5-2)15-11-12-17-13(3)18-15/h4,11-12,14,16H,1,5-10H2,2-3H3. The highest BCUT2D eigenvalue weighted by Crippen LogP contribution is 2.18. The summed E-state index contributed by atoms with van der Waals surface area (Å²) in [5.41, 5.74) is 1.12. The van der Waals surface area contributed by atoms with E-state index in [1.54, 1.807) is 0 Å². The van der Waals surface area contributed by atoms with E-state index < -0.39 is 0 Å². The van der Waals surface area contributed by atoms with Crippen LogP contribution in [0.3, 0.4) is 0 Å². The molecule has 1 aromatic rings. The predicted molar refractivity (Wildman–Crippen MR) is 76.5 cm³/mol. The van der Waals surface area contributed by atoms with Crippen molar-refractivity contribution in [2.24, 2.45) is 0 Å². The minimum absolute atomic E-state index is 0.362. The molecule has 0 aliphatic rings. The zero-order chi connectivity index (χ0) is 13.2. The number of aromatic nitrogens is 2. The molecule has 18 heavy (non-hydrogen) atoms. The summed E-state index contributed by atoms with van der Waals surface area (Å²) in [4.78, 5) is 8.67. The summed E-state index contributed by atoms with van der Waals surface area (Å²) in [7, 11) is 0. The fourth-order valence-corrected chi connectivity index (χ4v) is 2.08. The van der Waals surface area contributed by atoms with E-state index in [0.717, 1.165) is 30.9 Å². The Kier molecular flexibility index (Phi) is 7.26. The van der Waals surface area contributed by atoms with E-state index in [4.69, 9.17) is 0 Å². The van der Waals surface area contributed by atoms with Gasteiger partial charge in [0.15, 0.2) is 0 Å². The number of aryl methyl sites for hydroxylation is 1. The van der Waals surface area contributed by atoms with Crippen LogP contribution in [0.4, 0.5) is 0 Å². The largest absolute Gasteiger partial charge is 0.309 e. The molecule has 0 amide bonds. The Morgan fingerprint density at radius 1 is 1.39 bits per heavy atom. The lowest BCUT2D eigenvalue weighted by Crippen LogP contribution is -2.22. The Bertz CT molecular complexity index is 349. The van der Waals surface area contributed by atoms with Gasteiger partial charge in [0.05, 0.1) is 5.69 Å². The highest BCUT2D eigenvalue weighted by molar-refractivity contribution is 5.07. The van der Waals surface area contributed by atoms with Crippen LogP contribution in [0.15, 0.2) is 24.9 Å². The fraction of sp³-hybridized carbons (Fsp3) is 0.600. The molecule has 0 saturated heterocycles. The third-order valence-corrected chi connectivity index (χ3v) is 3.01. The summed E-state index contributed by atoms with van der Waals surface area (Å²) in [6.07, 6.45) is 9.84. The Morgan fingerprint density at radius 3 is 2.89 bits per heavy atom. The average molecular weight is 247 g/mol. The Labute approximate surface area is 111 Å². The van der Waals surface area contributed by atoms with Gasteiger partial charge in [0, 0.05) is 12.2 Å². The number of nitrogens with one attached hydrogen (secondary N) is 1. The molecular formula is C15H25N3. The van der Waals surface area contributed by atoms with Crippen LogP contribution >= 0.6 is 0 Å². The second-order valence-electron chi connectivity index (χ2n) is 4.57. The van der Waals surface area contributed by atoms with Gasteiger partial charge < -0.3 is 5.32 Å². The first-order chi connectivity index (χ1) is 8.77. The molecule has 1 N–H and O–H groups in total. The smallest absolute Gasteiger partial charge is 0.125 e. The van der Waals surface area contributed by atoms with E-state index in [9.17, 15) is 0 Å². The highest BCUT2D eigenvalue weighted by atomic mass is 15.0. The summed E-state index contributed by atoms with van der Waals surface area (Å²) in [5, 5.41) is 3.51. The van der Waals surface area contributed by atoms with Gasteiger partial charge in [-0.05, 0) is 38.8 Å². The van der Waals surface area contributed by atoms with Crippen molar-refractivity contribution < 1.29 is 0 Å². The maximum atomic E-state index is 4.52. The SMILES string of the molecule is C=CCCCCCC(NCC)c1ccnc(C)n1. The van der Waals surface area contributed by atoms with Crippen LogP contribution in [0.5, 0.6) is 0 Å². The quantitative estimate of drug-likeness (QED) is 0.535. The fourth-order valence-electron chi connectivity index (χ4n) is 2.08. The minimum atomic E-state index is 0.362. The van der Waals surface area contributed by atoms with Gasteiger partial charge in [-0.25, -0.2) is 9.97 Å². The maximum absolute atomic E-state index is 4.52. The number of allylic oxidation sites excluding steroid dienone is 1. The lowest BCUT2D eigenvalue weighted by Gasteiger charge is -2.17. The molecule has 1 aromatic heterocycles. The van der Waals surface area contributed by atoms with Gasteiger partial charge >= 0.3 is 0 Å². The normalized spacial score (nSPS) is 12.3. The minimum Gasteiger partial charge on any atom is -0.309 e. The van der Waals surface area contributed by atoms with Crippen LogP contribution in [0.2, 0.25) is 0 Å². The molecule has 0 bridgehead atoms. The van der Waals surface area contributed by atoms with Crippen molar-refractivity contribution in [3.05, 3.63) is 36.4 Å². The summed E-state index contributed by atoms with van der Waals surface area (Å²) in [6.45, 7) is 8.80. The lowest BCUT2D eigenvalue weighted by atomic mass is 10.0. The Hall–Kier alpha value is -1.22. The third kappa shape index (κ3) is 5.41. The van der Waals surface area contributed by atoms with Crippen LogP contribution in [-0.2, 0) is 0 Å². The van der Waals surface area contributed by atoms with Gasteiger partial charge in [0.1, 0.15) is 5.82 Å². The van der Waals surface area contributed by atoms with Crippen molar-refractivity contribution in [1.29, 1.82) is 0 Å². The lowest BCUT2D eigenvalue weighted by molar-refractivity contribution is 0.473. The number of hydrogen-bond acceptors (Lipinski definition) is 3. The molecule has 1 atom stereocenters. The van der Waals surface area contributed by atoms with Crippen molar-refractivity contribution in [2.45, 2.75) is 52.0 Å². The summed E-state index contributed by atoms with van der Waals surface area (Å²) in [5.74, 6) is 0.849. The van der Waals surface area contributed by atoms with Crippen molar-refractivity contribution in [2.75, 3.05) is 6.54 Å². The molecule has 0 aromatic carbocycles. The van der Waals surface area contributed by atoms with Gasteiger partial charge in [-0.1, -0.05) is 25.8 Å². The summed E-state index contributed by atoms with van der Waals surface area (Å²) < 4.78 is 0. The highest BCUT2D eigenvalue weighted by Gasteiger charge is 2.11. The molecule has 0 spiro atoms. The van der Waals surface area contributed by atoms with Gasteiger partial charge in [-0.3, -0.25) is 0 Å². The molecule has 0 radical (unpaired) electrons. The molecule has 0 aliphatic heterocycles. The first-order valence-electron chi connectivity index (χ1n) is 6.91. The van der Waals surface area contributed by atoms with Crippen LogP contribution in [0.1, 0.15) is 56.6 Å². The molecule has 0 saturated carbocycles. The topological polar surface area (TPSA) is 37.8 Å². The number of hydrogen-bond donors (Lipinski definition) is 1. The molecule has 3 nitrogen and oxygen atoms in total. The second-order valence-corrected chi connectivity index (χ2v) is 4.57. The first kappa shape index (κ1) is 14.8. The number of nitrogens with zero attached hydrogens (tertiary/aromatic N) is 2. The van der Waals surface area contributed by atoms with E-state index in [2.05, 4.69) is 28.8 Å². The molecule has 100 valence electrons. The Balaban J connectivity index is 2.46. The number of unbranched alkanes of at least 4 members (excludes halogenated alkanes) is 3. The molecule has 3 heteroatoms. The van der Waals surface area contributed by atoms with Crippen molar-refractivity contribution >= 4 is 0 Å². The van der Waals surface area contributed by atoms with Gasteiger partial charge in [0.2, 0.25) is 0 Å². The van der Waals surface area contributed by atoms with Gasteiger partial charge in [-0.2, -0.15) is 0 Å². The zero-order valence-electron chi connectivity index (χ0n) is 11.7. The van der Waals surface area contributed by atoms with Gasteiger partial charge in [0.25, 0.3) is 0 Å². The van der Waals surface area contributed by atoms with Crippen molar-refractivity contribution in [3.63, 3.8) is 0 Å². The monoisotopic (exact) mass is 247 g/mol. The average Bonchev–Trinajstić information content (AvgIpc) is 2.37. The summed E-state index contributed by atoms with van der Waals surface area (Å²) in [6, 6.07) is 2.38. The predicted octanol–water partition coefficient (Wildman–Crippen LogP) is 3.57. The molecule has 0 aliphatic carbocycles. The van der Waals surface area contributed by atoms with Crippen LogP contribution < -0.4 is 5.32 Å². The molecular weight excluding hydrogens is 222 g/mol. The van der Waals surface area contributed by atoms with Crippen LogP contribution in [-0.4, -0.2) is 16.5 Å². The zero-order valence-corrected chi connectivity index (χ0v) is 11.7. The van der Waals surface area contributed by atoms with Gasteiger partial charge in [-0.15, -0.1) is 6.58 Å². The Morgan fingerprint density at radius 2 is 2.22 bits per heavy atom. The van der Waals surface area contributed by atoms with E-state index in [0.29, 0.717) is 6.04 Å². The molecule has 1 heterocycles. The van der Waals surface area contributed by atoms with Crippen molar-refractivity contribution in [1.82, 2.24) is 15.3 Å². The maximum Gasteiger partial charge on any atom is 0.125 e. The molecule has 1 unspecified atom stereocenters. The van der Waals surface area contributed by atoms with Crippen LogP contribution in [0, 0.1) is 6.92 Å². The second kappa shape index (κ2) is 8.81. The van der Waals surface area contributed by atoms with E-state index in [-0.39, 0.29) is 0 Å². The summed E-state index contributed by atoms with van der Waals surface area (Å²) >= 11 is 0. The molecule has 1 rings (SSSR count). The van der Waals surface area contributed by atoms with E-state index in [1.807, 2.05) is 25.3 Å². The van der Waals surface area contributed by atoms with E-state index in [1.165, 1.54) is 19.3 Å².